The lowest BCUT2D eigenvalue weighted by atomic mass is 10.2. The van der Waals surface area contributed by atoms with Gasteiger partial charge in [-0.25, -0.2) is 0 Å². The number of halogens is 1. The summed E-state index contributed by atoms with van der Waals surface area (Å²) in [5.74, 6) is -0.230. The number of para-hydroxylation sites is 1. The molecular weight excluding hydrogens is 346 g/mol. The Bertz CT molecular complexity index is 655. The van der Waals surface area contributed by atoms with Crippen molar-refractivity contribution in [3.8, 4) is 0 Å². The van der Waals surface area contributed by atoms with E-state index in [0.717, 1.165) is 21.8 Å². The second-order valence-electron chi connectivity index (χ2n) is 5.09. The molecule has 0 aliphatic carbocycles. The van der Waals surface area contributed by atoms with Crippen LogP contribution < -0.4 is 10.6 Å². The van der Waals surface area contributed by atoms with Crippen LogP contribution >= 0.6 is 15.9 Å². The van der Waals surface area contributed by atoms with E-state index in [1.807, 2.05) is 42.8 Å². The number of rotatable bonds is 6. The minimum Gasteiger partial charge on any atom is -0.356 e. The van der Waals surface area contributed by atoms with Crippen LogP contribution in [0, 0.1) is 0 Å². The second-order valence-corrected chi connectivity index (χ2v) is 5.89. The molecule has 0 saturated carbocycles. The first-order chi connectivity index (χ1) is 10.6. The summed E-state index contributed by atoms with van der Waals surface area (Å²) in [4.78, 5) is 23.9. The number of carbonyl (C=O) groups excluding carboxylic acids is 2. The van der Waals surface area contributed by atoms with Crippen LogP contribution in [0.2, 0.25) is 0 Å². The zero-order chi connectivity index (χ0) is 16.1. The maximum absolute atomic E-state index is 12.4. The van der Waals surface area contributed by atoms with E-state index in [9.17, 15) is 9.59 Å². The topological polar surface area (TPSA) is 63.1 Å². The van der Waals surface area contributed by atoms with E-state index in [4.69, 9.17) is 0 Å². The number of carbonyl (C=O) groups is 2. The van der Waals surface area contributed by atoms with Crippen LogP contribution in [-0.2, 0) is 11.8 Å². The van der Waals surface area contributed by atoms with Gasteiger partial charge in [0.05, 0.1) is 4.47 Å². The lowest BCUT2D eigenvalue weighted by molar-refractivity contribution is -0.120. The standard InChI is InChI=1S/C16H20BrN3O2/c1-3-9-18-13(21)8-10-19-16(22)15-14(17)11-6-4-5-7-12(11)20(15)2/h4-7H,3,8-10H2,1-2H3,(H,18,21)(H,19,22). The zero-order valence-corrected chi connectivity index (χ0v) is 14.4. The Kier molecular flexibility index (Phi) is 5.60. The third-order valence-corrected chi connectivity index (χ3v) is 4.27. The molecule has 0 aliphatic heterocycles. The molecule has 2 amide bonds. The molecule has 0 atom stereocenters. The molecular formula is C16H20BrN3O2. The Morgan fingerprint density at radius 3 is 2.59 bits per heavy atom. The Balaban J connectivity index is 2.03. The molecule has 2 N–H and O–H groups in total. The number of hydrogen-bond donors (Lipinski definition) is 2. The Morgan fingerprint density at radius 1 is 1.18 bits per heavy atom. The maximum Gasteiger partial charge on any atom is 0.269 e. The van der Waals surface area contributed by atoms with Gasteiger partial charge in [0.2, 0.25) is 5.91 Å². The molecule has 0 bridgehead atoms. The van der Waals surface area contributed by atoms with Crippen LogP contribution in [0.4, 0.5) is 0 Å². The van der Waals surface area contributed by atoms with Gasteiger partial charge in [0, 0.05) is 37.5 Å². The molecule has 1 heterocycles. The van der Waals surface area contributed by atoms with E-state index in [1.54, 1.807) is 0 Å². The molecule has 6 heteroatoms. The summed E-state index contributed by atoms with van der Waals surface area (Å²) in [5.41, 5.74) is 1.55. The fourth-order valence-corrected chi connectivity index (χ4v) is 3.11. The predicted molar refractivity (Wildman–Crippen MR) is 90.9 cm³/mol. The average Bonchev–Trinajstić information content (AvgIpc) is 2.77. The summed E-state index contributed by atoms with van der Waals surface area (Å²) in [5, 5.41) is 6.58. The van der Waals surface area contributed by atoms with Gasteiger partial charge < -0.3 is 15.2 Å². The minimum atomic E-state index is -0.186. The molecule has 0 spiro atoms. The molecule has 1 aromatic heterocycles. The van der Waals surface area contributed by atoms with Crippen molar-refractivity contribution in [2.45, 2.75) is 19.8 Å². The van der Waals surface area contributed by atoms with Crippen LogP contribution in [0.15, 0.2) is 28.7 Å². The van der Waals surface area contributed by atoms with Crippen LogP contribution in [0.1, 0.15) is 30.3 Å². The third kappa shape index (κ3) is 3.50. The third-order valence-electron chi connectivity index (χ3n) is 3.47. The van der Waals surface area contributed by atoms with Gasteiger partial charge in [-0.2, -0.15) is 0 Å². The normalized spacial score (nSPS) is 10.7. The molecule has 2 aromatic rings. The molecule has 22 heavy (non-hydrogen) atoms. The van der Waals surface area contributed by atoms with E-state index in [-0.39, 0.29) is 18.2 Å². The van der Waals surface area contributed by atoms with Gasteiger partial charge >= 0.3 is 0 Å². The van der Waals surface area contributed by atoms with Crippen molar-refractivity contribution in [1.29, 1.82) is 0 Å². The summed E-state index contributed by atoms with van der Waals surface area (Å²) >= 11 is 3.50. The fourth-order valence-electron chi connectivity index (χ4n) is 2.33. The van der Waals surface area contributed by atoms with E-state index in [2.05, 4.69) is 26.6 Å². The summed E-state index contributed by atoms with van der Waals surface area (Å²) in [6.07, 6.45) is 1.19. The molecule has 1 aromatic carbocycles. The molecule has 118 valence electrons. The number of amides is 2. The van der Waals surface area contributed by atoms with Gasteiger partial charge in [-0.15, -0.1) is 0 Å². The average molecular weight is 366 g/mol. The number of fused-ring (bicyclic) bond motifs is 1. The molecule has 0 saturated heterocycles. The quantitative estimate of drug-likeness (QED) is 0.826. The van der Waals surface area contributed by atoms with Crippen molar-refractivity contribution in [2.24, 2.45) is 7.05 Å². The summed E-state index contributed by atoms with van der Waals surface area (Å²) in [6.45, 7) is 2.99. The number of aromatic nitrogens is 1. The van der Waals surface area contributed by atoms with Crippen molar-refractivity contribution in [1.82, 2.24) is 15.2 Å². The number of hydrogen-bond acceptors (Lipinski definition) is 2. The Hall–Kier alpha value is -1.82. The van der Waals surface area contributed by atoms with Crippen LogP contribution in [-0.4, -0.2) is 29.5 Å². The smallest absolute Gasteiger partial charge is 0.269 e. The van der Waals surface area contributed by atoms with E-state index in [0.29, 0.717) is 18.8 Å². The number of benzene rings is 1. The molecule has 5 nitrogen and oxygen atoms in total. The van der Waals surface area contributed by atoms with Gasteiger partial charge in [0.15, 0.2) is 0 Å². The minimum absolute atomic E-state index is 0.0433. The molecule has 0 radical (unpaired) electrons. The van der Waals surface area contributed by atoms with Crippen LogP contribution in [0.5, 0.6) is 0 Å². The van der Waals surface area contributed by atoms with E-state index < -0.39 is 0 Å². The van der Waals surface area contributed by atoms with E-state index >= 15 is 0 Å². The molecule has 0 aliphatic rings. The van der Waals surface area contributed by atoms with Crippen molar-refractivity contribution >= 4 is 38.6 Å². The lowest BCUT2D eigenvalue weighted by Crippen LogP contribution is -2.31. The van der Waals surface area contributed by atoms with Crippen LogP contribution in [0.3, 0.4) is 0 Å². The van der Waals surface area contributed by atoms with Gasteiger partial charge in [-0.3, -0.25) is 9.59 Å². The number of nitrogens with one attached hydrogen (secondary N) is 2. The summed E-state index contributed by atoms with van der Waals surface area (Å²) in [7, 11) is 1.86. The highest BCUT2D eigenvalue weighted by Gasteiger charge is 2.18. The van der Waals surface area contributed by atoms with Gasteiger partial charge in [0.1, 0.15) is 5.69 Å². The Morgan fingerprint density at radius 2 is 1.91 bits per heavy atom. The monoisotopic (exact) mass is 365 g/mol. The van der Waals surface area contributed by atoms with E-state index in [1.165, 1.54) is 0 Å². The largest absolute Gasteiger partial charge is 0.356 e. The highest BCUT2D eigenvalue weighted by Crippen LogP contribution is 2.29. The van der Waals surface area contributed by atoms with Gasteiger partial charge in [0.25, 0.3) is 5.91 Å². The van der Waals surface area contributed by atoms with Crippen molar-refractivity contribution in [3.05, 3.63) is 34.4 Å². The molecule has 0 fully saturated rings. The van der Waals surface area contributed by atoms with Crippen molar-refractivity contribution in [3.63, 3.8) is 0 Å². The highest BCUT2D eigenvalue weighted by molar-refractivity contribution is 9.10. The van der Waals surface area contributed by atoms with Crippen molar-refractivity contribution in [2.75, 3.05) is 13.1 Å². The highest BCUT2D eigenvalue weighted by atomic mass is 79.9. The molecule has 2 rings (SSSR count). The summed E-state index contributed by atoms with van der Waals surface area (Å²) in [6, 6.07) is 7.81. The maximum atomic E-state index is 12.4. The fraction of sp³-hybridized carbons (Fsp3) is 0.375. The van der Waals surface area contributed by atoms with Gasteiger partial charge in [-0.05, 0) is 28.4 Å². The number of aryl methyl sites for hydroxylation is 1. The second kappa shape index (κ2) is 7.45. The number of nitrogens with zero attached hydrogens (tertiary/aromatic N) is 1. The predicted octanol–water partition coefficient (Wildman–Crippen LogP) is 2.59. The SMILES string of the molecule is CCCNC(=O)CCNC(=O)c1c(Br)c2ccccc2n1C. The first-order valence-corrected chi connectivity index (χ1v) is 8.13. The lowest BCUT2D eigenvalue weighted by Gasteiger charge is -2.07. The first-order valence-electron chi connectivity index (χ1n) is 7.34. The Labute approximate surface area is 138 Å². The van der Waals surface area contributed by atoms with Crippen LogP contribution in [0.25, 0.3) is 10.9 Å². The first kappa shape index (κ1) is 16.5. The van der Waals surface area contributed by atoms with Gasteiger partial charge in [-0.1, -0.05) is 25.1 Å². The zero-order valence-electron chi connectivity index (χ0n) is 12.8. The summed E-state index contributed by atoms with van der Waals surface area (Å²) < 4.78 is 2.63. The molecule has 0 unspecified atom stereocenters. The van der Waals surface area contributed by atoms with Crippen molar-refractivity contribution < 1.29 is 9.59 Å².